The minimum atomic E-state index is -0.979. The van der Waals surface area contributed by atoms with Gasteiger partial charge in [0, 0.05) is 6.08 Å². The Morgan fingerprint density at radius 1 is 1.08 bits per heavy atom. The molecule has 0 aliphatic heterocycles. The van der Waals surface area contributed by atoms with Gasteiger partial charge in [-0.3, -0.25) is 4.79 Å². The molecule has 1 N–H and O–H groups in total. The fraction of sp³-hybridized carbons (Fsp3) is 0.111. The van der Waals surface area contributed by atoms with Gasteiger partial charge in [-0.25, -0.2) is 4.79 Å². The summed E-state index contributed by atoms with van der Waals surface area (Å²) < 4.78 is 5.06. The second kappa shape index (κ2) is 8.52. The summed E-state index contributed by atoms with van der Waals surface area (Å²) in [5.74, 6) is -1.11. The van der Waals surface area contributed by atoms with Crippen molar-refractivity contribution in [2.75, 3.05) is 5.32 Å². The van der Waals surface area contributed by atoms with Crippen LogP contribution in [0.4, 0.5) is 5.69 Å². The van der Waals surface area contributed by atoms with Crippen molar-refractivity contribution in [2.24, 2.45) is 0 Å². The normalized spacial score (nSPS) is 12.0. The highest BCUT2D eigenvalue weighted by atomic mass is 35.5. The minimum absolute atomic E-state index is 0.231. The molecule has 1 amide bonds. The van der Waals surface area contributed by atoms with Crippen LogP contribution in [-0.4, -0.2) is 18.0 Å². The predicted octanol–water partition coefficient (Wildman–Crippen LogP) is 4.58. The maximum absolute atomic E-state index is 12.1. The molecule has 0 aliphatic carbocycles. The van der Waals surface area contributed by atoms with Crippen molar-refractivity contribution >= 4 is 46.8 Å². The van der Waals surface area contributed by atoms with Crippen LogP contribution in [0.5, 0.6) is 0 Å². The van der Waals surface area contributed by atoms with E-state index in [4.69, 9.17) is 27.9 Å². The molecule has 2 rings (SSSR count). The molecule has 124 valence electrons. The van der Waals surface area contributed by atoms with Crippen molar-refractivity contribution in [3.8, 4) is 0 Å². The lowest BCUT2D eigenvalue weighted by molar-refractivity contribution is -0.148. The van der Waals surface area contributed by atoms with Crippen molar-refractivity contribution < 1.29 is 14.3 Å². The van der Waals surface area contributed by atoms with Crippen molar-refractivity contribution in [3.63, 3.8) is 0 Å². The van der Waals surface area contributed by atoms with Crippen LogP contribution in [-0.2, 0) is 14.3 Å². The standard InChI is InChI=1S/C18H15Cl2NO3/c1-12(18(23)21-15-9-5-8-14(19)17(15)20)24-16(22)11-10-13-6-3-2-4-7-13/h2-12H,1H3,(H,21,23). The number of carbonyl (C=O) groups excluding carboxylic acids is 2. The van der Waals surface area contributed by atoms with Gasteiger partial charge >= 0.3 is 5.97 Å². The number of anilines is 1. The van der Waals surface area contributed by atoms with Crippen LogP contribution in [0.2, 0.25) is 10.0 Å². The molecule has 0 fully saturated rings. The summed E-state index contributed by atoms with van der Waals surface area (Å²) in [5, 5.41) is 3.13. The minimum Gasteiger partial charge on any atom is -0.449 e. The van der Waals surface area contributed by atoms with E-state index in [1.54, 1.807) is 24.3 Å². The number of ether oxygens (including phenoxy) is 1. The lowest BCUT2D eigenvalue weighted by Crippen LogP contribution is -2.29. The van der Waals surface area contributed by atoms with Gasteiger partial charge in [0.25, 0.3) is 5.91 Å². The molecule has 0 saturated carbocycles. The number of halogens is 2. The van der Waals surface area contributed by atoms with Crippen molar-refractivity contribution in [1.82, 2.24) is 0 Å². The second-order valence-corrected chi connectivity index (χ2v) is 5.70. The number of benzene rings is 2. The highest BCUT2D eigenvalue weighted by Crippen LogP contribution is 2.29. The fourth-order valence-corrected chi connectivity index (χ4v) is 2.18. The van der Waals surface area contributed by atoms with E-state index in [9.17, 15) is 9.59 Å². The van der Waals surface area contributed by atoms with Crippen LogP contribution in [0.1, 0.15) is 12.5 Å². The van der Waals surface area contributed by atoms with Crippen molar-refractivity contribution in [1.29, 1.82) is 0 Å². The molecule has 1 atom stereocenters. The third-order valence-corrected chi connectivity index (χ3v) is 3.90. The average molecular weight is 364 g/mol. The average Bonchev–Trinajstić information content (AvgIpc) is 2.58. The molecular weight excluding hydrogens is 349 g/mol. The van der Waals surface area contributed by atoms with Gasteiger partial charge in [0.2, 0.25) is 0 Å². The molecule has 0 radical (unpaired) electrons. The number of esters is 1. The maximum atomic E-state index is 12.1. The summed E-state index contributed by atoms with van der Waals surface area (Å²) in [6.07, 6.45) is 1.90. The van der Waals surface area contributed by atoms with E-state index in [0.29, 0.717) is 10.7 Å². The first-order valence-corrected chi connectivity index (χ1v) is 7.91. The Labute approximate surface area is 150 Å². The van der Waals surface area contributed by atoms with Crippen molar-refractivity contribution in [2.45, 2.75) is 13.0 Å². The Morgan fingerprint density at radius 3 is 2.50 bits per heavy atom. The molecule has 0 heterocycles. The molecule has 6 heteroatoms. The van der Waals surface area contributed by atoms with E-state index in [-0.39, 0.29) is 5.02 Å². The Bertz CT molecular complexity index is 760. The topological polar surface area (TPSA) is 55.4 Å². The summed E-state index contributed by atoms with van der Waals surface area (Å²) in [6, 6.07) is 14.2. The van der Waals surface area contributed by atoms with Gasteiger partial charge in [0.05, 0.1) is 15.7 Å². The van der Waals surface area contributed by atoms with Crippen molar-refractivity contribution in [3.05, 3.63) is 70.2 Å². The van der Waals surface area contributed by atoms with Crippen LogP contribution in [0.15, 0.2) is 54.6 Å². The van der Waals surface area contributed by atoms with Crippen LogP contribution in [0.3, 0.4) is 0 Å². The Kier molecular flexibility index (Phi) is 6.41. The van der Waals surface area contributed by atoms with E-state index in [2.05, 4.69) is 5.32 Å². The zero-order chi connectivity index (χ0) is 17.5. The molecule has 2 aromatic carbocycles. The number of nitrogens with one attached hydrogen (secondary N) is 1. The molecule has 24 heavy (non-hydrogen) atoms. The lowest BCUT2D eigenvalue weighted by Gasteiger charge is -2.13. The largest absolute Gasteiger partial charge is 0.449 e. The van der Waals surface area contributed by atoms with Gasteiger partial charge in [-0.05, 0) is 30.7 Å². The highest BCUT2D eigenvalue weighted by molar-refractivity contribution is 6.44. The zero-order valence-corrected chi connectivity index (χ0v) is 14.3. The molecular formula is C18H15Cl2NO3. The molecule has 1 unspecified atom stereocenters. The van der Waals surface area contributed by atoms with Crippen LogP contribution >= 0.6 is 23.2 Å². The van der Waals surface area contributed by atoms with E-state index in [1.807, 2.05) is 30.3 Å². The maximum Gasteiger partial charge on any atom is 0.331 e. The first-order chi connectivity index (χ1) is 11.5. The van der Waals surface area contributed by atoms with Gasteiger partial charge in [-0.15, -0.1) is 0 Å². The number of hydrogen-bond donors (Lipinski definition) is 1. The van der Waals surface area contributed by atoms with Crippen LogP contribution < -0.4 is 5.32 Å². The van der Waals surface area contributed by atoms with Crippen LogP contribution in [0, 0.1) is 0 Å². The molecule has 4 nitrogen and oxygen atoms in total. The monoisotopic (exact) mass is 363 g/mol. The van der Waals surface area contributed by atoms with E-state index in [1.165, 1.54) is 13.0 Å². The first kappa shape index (κ1) is 18.0. The van der Waals surface area contributed by atoms with E-state index in [0.717, 1.165) is 5.56 Å². The summed E-state index contributed by atoms with van der Waals surface area (Å²) >= 11 is 11.9. The summed E-state index contributed by atoms with van der Waals surface area (Å²) in [7, 11) is 0. The van der Waals surface area contributed by atoms with E-state index < -0.39 is 18.0 Å². The number of rotatable bonds is 5. The predicted molar refractivity (Wildman–Crippen MR) is 96.1 cm³/mol. The number of hydrogen-bond acceptors (Lipinski definition) is 3. The third-order valence-electron chi connectivity index (χ3n) is 3.08. The first-order valence-electron chi connectivity index (χ1n) is 7.16. The molecule has 0 aromatic heterocycles. The second-order valence-electron chi connectivity index (χ2n) is 4.91. The Balaban J connectivity index is 1.92. The molecule has 2 aromatic rings. The molecule has 0 saturated heterocycles. The SMILES string of the molecule is CC(OC(=O)C=Cc1ccccc1)C(=O)Nc1cccc(Cl)c1Cl. The van der Waals surface area contributed by atoms with Gasteiger partial charge in [0.1, 0.15) is 0 Å². The summed E-state index contributed by atoms with van der Waals surface area (Å²) in [6.45, 7) is 1.47. The van der Waals surface area contributed by atoms with Gasteiger partial charge in [-0.2, -0.15) is 0 Å². The fourth-order valence-electron chi connectivity index (χ4n) is 1.83. The summed E-state index contributed by atoms with van der Waals surface area (Å²) in [4.78, 5) is 23.8. The number of amides is 1. The molecule has 0 spiro atoms. The van der Waals surface area contributed by atoms with Gasteiger partial charge in [0.15, 0.2) is 6.10 Å². The molecule has 0 aliphatic rings. The number of carbonyl (C=O) groups is 2. The third kappa shape index (κ3) is 5.11. The van der Waals surface area contributed by atoms with Gasteiger partial charge < -0.3 is 10.1 Å². The highest BCUT2D eigenvalue weighted by Gasteiger charge is 2.18. The quantitative estimate of drug-likeness (QED) is 0.624. The Hall–Kier alpha value is -2.30. The lowest BCUT2D eigenvalue weighted by atomic mass is 10.2. The summed E-state index contributed by atoms with van der Waals surface area (Å²) in [5.41, 5.74) is 1.22. The molecule has 0 bridgehead atoms. The van der Waals surface area contributed by atoms with Crippen LogP contribution in [0.25, 0.3) is 6.08 Å². The van der Waals surface area contributed by atoms with Gasteiger partial charge in [-0.1, -0.05) is 59.6 Å². The van der Waals surface area contributed by atoms with E-state index >= 15 is 0 Å². The zero-order valence-electron chi connectivity index (χ0n) is 12.8. The Morgan fingerprint density at radius 2 is 1.79 bits per heavy atom. The smallest absolute Gasteiger partial charge is 0.331 e.